The Morgan fingerprint density at radius 1 is 1.44 bits per heavy atom. The van der Waals surface area contributed by atoms with Gasteiger partial charge < -0.3 is 14.8 Å². The summed E-state index contributed by atoms with van der Waals surface area (Å²) in [5.74, 6) is 1.68. The van der Waals surface area contributed by atoms with Crippen molar-refractivity contribution in [3.05, 3.63) is 12.3 Å². The average Bonchev–Trinajstić information content (AvgIpc) is 2.28. The minimum absolute atomic E-state index is 0.556. The van der Waals surface area contributed by atoms with Gasteiger partial charge in [0.25, 0.3) is 0 Å². The van der Waals surface area contributed by atoms with Crippen LogP contribution in [0, 0.1) is 5.92 Å². The van der Waals surface area contributed by atoms with Gasteiger partial charge in [-0.2, -0.15) is 4.98 Å². The zero-order valence-corrected chi connectivity index (χ0v) is 10.1. The van der Waals surface area contributed by atoms with Gasteiger partial charge in [-0.15, -0.1) is 0 Å². The minimum Gasteiger partial charge on any atom is -0.481 e. The smallest absolute Gasteiger partial charge is 0.226 e. The number of nitrogens with one attached hydrogen (secondary N) is 1. The van der Waals surface area contributed by atoms with Gasteiger partial charge in [0.1, 0.15) is 0 Å². The molecule has 1 aromatic heterocycles. The van der Waals surface area contributed by atoms with Gasteiger partial charge in [-0.1, -0.05) is 13.8 Å². The number of methoxy groups -OCH3 is 1. The maximum Gasteiger partial charge on any atom is 0.226 e. The summed E-state index contributed by atoms with van der Waals surface area (Å²) < 4.78 is 10.4. The topological polar surface area (TPSA) is 56.3 Å². The SMILES string of the molecule is COc1ccnc(NCCOCC(C)C)n1. The van der Waals surface area contributed by atoms with E-state index in [-0.39, 0.29) is 0 Å². The highest BCUT2D eigenvalue weighted by molar-refractivity contribution is 5.26. The van der Waals surface area contributed by atoms with Crippen LogP contribution in [-0.4, -0.2) is 36.8 Å². The summed E-state index contributed by atoms with van der Waals surface area (Å²) in [4.78, 5) is 8.19. The zero-order valence-electron chi connectivity index (χ0n) is 10.1. The van der Waals surface area contributed by atoms with Crippen molar-refractivity contribution in [2.75, 3.05) is 32.2 Å². The quantitative estimate of drug-likeness (QED) is 0.714. The number of anilines is 1. The predicted molar refractivity (Wildman–Crippen MR) is 62.7 cm³/mol. The average molecular weight is 225 g/mol. The summed E-state index contributed by atoms with van der Waals surface area (Å²) in [5, 5.41) is 3.07. The Hall–Kier alpha value is -1.36. The third-order valence-electron chi connectivity index (χ3n) is 1.82. The highest BCUT2D eigenvalue weighted by atomic mass is 16.5. The van der Waals surface area contributed by atoms with Gasteiger partial charge in [0.15, 0.2) is 0 Å². The molecule has 1 N–H and O–H groups in total. The van der Waals surface area contributed by atoms with E-state index in [1.165, 1.54) is 0 Å². The maximum absolute atomic E-state index is 5.42. The molecule has 0 atom stereocenters. The van der Waals surface area contributed by atoms with Gasteiger partial charge in [0.2, 0.25) is 11.8 Å². The Kier molecular flexibility index (Phi) is 5.56. The fraction of sp³-hybridized carbons (Fsp3) is 0.636. The van der Waals surface area contributed by atoms with E-state index < -0.39 is 0 Å². The van der Waals surface area contributed by atoms with Crippen LogP contribution in [0.5, 0.6) is 5.88 Å². The van der Waals surface area contributed by atoms with E-state index in [4.69, 9.17) is 9.47 Å². The van der Waals surface area contributed by atoms with Gasteiger partial charge in [0, 0.05) is 25.4 Å². The van der Waals surface area contributed by atoms with Gasteiger partial charge in [0.05, 0.1) is 13.7 Å². The van der Waals surface area contributed by atoms with Crippen molar-refractivity contribution in [2.45, 2.75) is 13.8 Å². The highest BCUT2D eigenvalue weighted by Crippen LogP contribution is 2.06. The predicted octanol–water partition coefficient (Wildman–Crippen LogP) is 1.57. The van der Waals surface area contributed by atoms with Crippen molar-refractivity contribution in [1.82, 2.24) is 9.97 Å². The van der Waals surface area contributed by atoms with Crippen LogP contribution in [0.2, 0.25) is 0 Å². The van der Waals surface area contributed by atoms with E-state index in [0.29, 0.717) is 30.9 Å². The number of ether oxygens (including phenoxy) is 2. The molecule has 0 amide bonds. The summed E-state index contributed by atoms with van der Waals surface area (Å²) in [6, 6.07) is 1.71. The third kappa shape index (κ3) is 4.93. The van der Waals surface area contributed by atoms with Crippen molar-refractivity contribution < 1.29 is 9.47 Å². The summed E-state index contributed by atoms with van der Waals surface area (Å²) in [5.41, 5.74) is 0. The molecule has 5 nitrogen and oxygen atoms in total. The second-order valence-electron chi connectivity index (χ2n) is 3.82. The lowest BCUT2D eigenvalue weighted by Gasteiger charge is -2.08. The van der Waals surface area contributed by atoms with E-state index in [1.54, 1.807) is 19.4 Å². The van der Waals surface area contributed by atoms with Crippen LogP contribution >= 0.6 is 0 Å². The molecule has 0 aliphatic heterocycles. The van der Waals surface area contributed by atoms with E-state index in [0.717, 1.165) is 6.61 Å². The Morgan fingerprint density at radius 3 is 2.94 bits per heavy atom. The fourth-order valence-electron chi connectivity index (χ4n) is 1.10. The van der Waals surface area contributed by atoms with Crippen molar-refractivity contribution in [3.63, 3.8) is 0 Å². The molecule has 16 heavy (non-hydrogen) atoms. The van der Waals surface area contributed by atoms with Crippen LogP contribution in [0.15, 0.2) is 12.3 Å². The van der Waals surface area contributed by atoms with Crippen LogP contribution in [0.1, 0.15) is 13.8 Å². The van der Waals surface area contributed by atoms with Gasteiger partial charge in [-0.25, -0.2) is 4.98 Å². The highest BCUT2D eigenvalue weighted by Gasteiger charge is 1.98. The van der Waals surface area contributed by atoms with Crippen molar-refractivity contribution in [3.8, 4) is 5.88 Å². The molecule has 1 heterocycles. The molecule has 0 saturated carbocycles. The first-order chi connectivity index (χ1) is 7.72. The summed E-state index contributed by atoms with van der Waals surface area (Å²) in [7, 11) is 1.58. The number of nitrogens with zero attached hydrogens (tertiary/aromatic N) is 2. The van der Waals surface area contributed by atoms with Crippen molar-refractivity contribution >= 4 is 5.95 Å². The van der Waals surface area contributed by atoms with Crippen molar-refractivity contribution in [1.29, 1.82) is 0 Å². The van der Waals surface area contributed by atoms with Crippen LogP contribution in [0.4, 0.5) is 5.95 Å². The molecule has 0 bridgehead atoms. The first-order valence-corrected chi connectivity index (χ1v) is 5.41. The van der Waals surface area contributed by atoms with Gasteiger partial charge in [-0.05, 0) is 5.92 Å². The lowest BCUT2D eigenvalue weighted by atomic mass is 10.2. The van der Waals surface area contributed by atoms with E-state index in [2.05, 4.69) is 29.1 Å². The molecule has 90 valence electrons. The molecule has 0 fully saturated rings. The molecule has 0 aromatic carbocycles. The number of aromatic nitrogens is 2. The third-order valence-corrected chi connectivity index (χ3v) is 1.82. The Labute approximate surface area is 96.2 Å². The fourth-order valence-corrected chi connectivity index (χ4v) is 1.10. The van der Waals surface area contributed by atoms with Crippen LogP contribution in [-0.2, 0) is 4.74 Å². The maximum atomic E-state index is 5.42. The largest absolute Gasteiger partial charge is 0.481 e. The monoisotopic (exact) mass is 225 g/mol. The molecule has 0 spiro atoms. The normalized spacial score (nSPS) is 10.5. The molecule has 1 aromatic rings. The van der Waals surface area contributed by atoms with E-state index in [9.17, 15) is 0 Å². The molecule has 0 aliphatic carbocycles. The molecular formula is C11H19N3O2. The van der Waals surface area contributed by atoms with Gasteiger partial charge >= 0.3 is 0 Å². The Bertz CT molecular complexity index is 305. The van der Waals surface area contributed by atoms with Crippen molar-refractivity contribution in [2.24, 2.45) is 5.92 Å². The Balaban J connectivity index is 2.21. The minimum atomic E-state index is 0.556. The summed E-state index contributed by atoms with van der Waals surface area (Å²) in [6.07, 6.45) is 1.66. The second kappa shape index (κ2) is 7.00. The summed E-state index contributed by atoms with van der Waals surface area (Å²) in [6.45, 7) is 6.37. The second-order valence-corrected chi connectivity index (χ2v) is 3.82. The number of hydrogen-bond donors (Lipinski definition) is 1. The van der Waals surface area contributed by atoms with Gasteiger partial charge in [-0.3, -0.25) is 0 Å². The lowest BCUT2D eigenvalue weighted by Crippen LogP contribution is -2.13. The van der Waals surface area contributed by atoms with E-state index in [1.807, 2.05) is 0 Å². The standard InChI is InChI=1S/C11H19N3O2/c1-9(2)8-16-7-6-13-11-12-5-4-10(14-11)15-3/h4-5,9H,6-8H2,1-3H3,(H,12,13,14). The first kappa shape index (κ1) is 12.7. The van der Waals surface area contributed by atoms with Crippen LogP contribution < -0.4 is 10.1 Å². The molecule has 0 radical (unpaired) electrons. The van der Waals surface area contributed by atoms with E-state index >= 15 is 0 Å². The number of hydrogen-bond acceptors (Lipinski definition) is 5. The first-order valence-electron chi connectivity index (χ1n) is 5.41. The Morgan fingerprint density at radius 2 is 2.25 bits per heavy atom. The van der Waals surface area contributed by atoms with Crippen LogP contribution in [0.3, 0.4) is 0 Å². The molecule has 1 rings (SSSR count). The molecule has 0 unspecified atom stereocenters. The zero-order chi connectivity index (χ0) is 11.8. The number of rotatable bonds is 7. The summed E-state index contributed by atoms with van der Waals surface area (Å²) >= 11 is 0. The molecule has 5 heteroatoms. The molecule has 0 saturated heterocycles. The molecule has 0 aliphatic rings. The lowest BCUT2D eigenvalue weighted by molar-refractivity contribution is 0.118. The molecular weight excluding hydrogens is 206 g/mol. The van der Waals surface area contributed by atoms with Crippen LogP contribution in [0.25, 0.3) is 0 Å².